The first-order valence-electron chi connectivity index (χ1n) is 11.9. The van der Waals surface area contributed by atoms with E-state index in [2.05, 4.69) is 109 Å². The Hall–Kier alpha value is -2.54. The number of ether oxygens (including phenoxy) is 1. The summed E-state index contributed by atoms with van der Waals surface area (Å²) in [4.78, 5) is 7.71. The van der Waals surface area contributed by atoms with Gasteiger partial charge in [-0.3, -0.25) is 0 Å². The molecule has 36 heavy (non-hydrogen) atoms. The predicted octanol–water partition coefficient (Wildman–Crippen LogP) is 9.20. The van der Waals surface area contributed by atoms with Gasteiger partial charge in [0.1, 0.15) is 5.75 Å². The summed E-state index contributed by atoms with van der Waals surface area (Å²) in [5, 5.41) is 3.28. The minimum Gasteiger partial charge on any atom is -0.497 e. The van der Waals surface area contributed by atoms with Crippen LogP contribution in [0.15, 0.2) is 109 Å². The van der Waals surface area contributed by atoms with Gasteiger partial charge in [0.05, 0.1) is 24.5 Å². The first-order valence-corrected chi connectivity index (χ1v) is 14.4. The Morgan fingerprint density at radius 2 is 1.61 bits per heavy atom. The van der Waals surface area contributed by atoms with Crippen LogP contribution >= 0.6 is 43.6 Å². The molecule has 0 N–H and O–H groups in total. The molecule has 3 nitrogen and oxygen atoms in total. The third-order valence-electron chi connectivity index (χ3n) is 6.82. The number of methoxy groups -OCH3 is 1. The lowest BCUT2D eigenvalue weighted by atomic mass is 9.83. The van der Waals surface area contributed by atoms with E-state index in [0.717, 1.165) is 39.1 Å². The molecule has 180 valence electrons. The van der Waals surface area contributed by atoms with Crippen LogP contribution in [0.5, 0.6) is 5.75 Å². The predicted molar refractivity (Wildman–Crippen MR) is 158 cm³/mol. The summed E-state index contributed by atoms with van der Waals surface area (Å²) in [5.74, 6) is 0.863. The fourth-order valence-corrected chi connectivity index (χ4v) is 6.55. The van der Waals surface area contributed by atoms with Crippen molar-refractivity contribution < 1.29 is 4.74 Å². The molecule has 1 atom stereocenters. The summed E-state index contributed by atoms with van der Waals surface area (Å²) in [7, 11) is 1.70. The maximum Gasteiger partial charge on any atom is 0.174 e. The number of hydrogen-bond acceptors (Lipinski definition) is 4. The van der Waals surface area contributed by atoms with E-state index in [1.807, 2.05) is 12.1 Å². The van der Waals surface area contributed by atoms with Crippen LogP contribution in [0.3, 0.4) is 0 Å². The number of hydrogen-bond donors (Lipinski definition) is 0. The van der Waals surface area contributed by atoms with Crippen molar-refractivity contribution >= 4 is 60.6 Å². The smallest absolute Gasteiger partial charge is 0.174 e. The van der Waals surface area contributed by atoms with Gasteiger partial charge in [0.2, 0.25) is 0 Å². The Labute approximate surface area is 232 Å². The first kappa shape index (κ1) is 23.8. The van der Waals surface area contributed by atoms with Crippen LogP contribution in [0, 0.1) is 0 Å². The third kappa shape index (κ3) is 4.51. The summed E-state index contributed by atoms with van der Waals surface area (Å²) < 4.78 is 7.58. The van der Waals surface area contributed by atoms with Crippen molar-refractivity contribution in [3.8, 4) is 5.75 Å². The van der Waals surface area contributed by atoms with Gasteiger partial charge in [-0.05, 0) is 102 Å². The Morgan fingerprint density at radius 3 is 2.31 bits per heavy atom. The largest absolute Gasteiger partial charge is 0.497 e. The van der Waals surface area contributed by atoms with Gasteiger partial charge in [0.15, 0.2) is 5.17 Å². The van der Waals surface area contributed by atoms with E-state index in [4.69, 9.17) is 9.73 Å². The molecule has 0 fully saturated rings. The topological polar surface area (TPSA) is 24.8 Å². The highest BCUT2D eigenvalue weighted by molar-refractivity contribution is 9.10. The van der Waals surface area contributed by atoms with Crippen LogP contribution in [0.2, 0.25) is 0 Å². The SMILES string of the molecule is COc1ccc(C2=CSC3=NC4=C(CCC/C4=C\c4ccc(Br)cc4)C(c4ccc(Br)cc4)N23)cc1. The number of benzene rings is 3. The number of aliphatic imine (C=N–C) groups is 1. The molecule has 0 saturated carbocycles. The van der Waals surface area contributed by atoms with Crippen molar-refractivity contribution in [1.82, 2.24) is 4.90 Å². The van der Waals surface area contributed by atoms with Crippen molar-refractivity contribution in [2.24, 2.45) is 4.99 Å². The number of rotatable bonds is 4. The molecule has 3 aromatic rings. The Balaban J connectivity index is 1.47. The minimum absolute atomic E-state index is 0.109. The zero-order valence-corrected chi connectivity index (χ0v) is 23.7. The number of allylic oxidation sites excluding steroid dienone is 1. The second kappa shape index (κ2) is 10.1. The van der Waals surface area contributed by atoms with Crippen LogP contribution in [-0.2, 0) is 0 Å². The molecule has 0 spiro atoms. The van der Waals surface area contributed by atoms with Gasteiger partial charge in [-0.1, -0.05) is 67.9 Å². The lowest BCUT2D eigenvalue weighted by molar-refractivity contribution is 0.414. The summed E-state index contributed by atoms with van der Waals surface area (Å²) in [6.07, 6.45) is 5.53. The van der Waals surface area contributed by atoms with Gasteiger partial charge < -0.3 is 9.64 Å². The second-order valence-corrected chi connectivity index (χ2v) is 11.7. The van der Waals surface area contributed by atoms with Crippen molar-refractivity contribution in [2.45, 2.75) is 25.3 Å². The fourth-order valence-electron chi connectivity index (χ4n) is 5.09. The van der Waals surface area contributed by atoms with E-state index in [1.165, 1.54) is 39.2 Å². The highest BCUT2D eigenvalue weighted by atomic mass is 79.9. The third-order valence-corrected chi connectivity index (χ3v) is 8.72. The molecule has 0 saturated heterocycles. The van der Waals surface area contributed by atoms with E-state index in [-0.39, 0.29) is 6.04 Å². The van der Waals surface area contributed by atoms with Gasteiger partial charge >= 0.3 is 0 Å². The van der Waals surface area contributed by atoms with Crippen molar-refractivity contribution in [1.29, 1.82) is 0 Å². The molecule has 0 bridgehead atoms. The zero-order chi connectivity index (χ0) is 24.6. The Bertz CT molecular complexity index is 1420. The highest BCUT2D eigenvalue weighted by Crippen LogP contribution is 2.51. The monoisotopic (exact) mass is 618 g/mol. The van der Waals surface area contributed by atoms with E-state index in [9.17, 15) is 0 Å². The van der Waals surface area contributed by atoms with Crippen molar-refractivity contribution in [2.75, 3.05) is 7.11 Å². The van der Waals surface area contributed by atoms with Crippen molar-refractivity contribution in [3.63, 3.8) is 0 Å². The van der Waals surface area contributed by atoms with E-state index in [1.54, 1.807) is 18.9 Å². The molecule has 0 radical (unpaired) electrons. The maximum absolute atomic E-state index is 5.40. The van der Waals surface area contributed by atoms with Crippen LogP contribution < -0.4 is 4.74 Å². The zero-order valence-electron chi connectivity index (χ0n) is 19.7. The standard InChI is InChI=1S/C30H24Br2N2OS/c1-35-25-15-9-20(10-16-25)27-18-36-30-33-28-22(17-19-5-11-23(31)12-6-19)3-2-4-26(28)29(34(27)30)21-7-13-24(32)14-8-21/h5-18,29H,2-4H2,1H3/b22-17+. The van der Waals surface area contributed by atoms with Gasteiger partial charge in [-0.25, -0.2) is 4.99 Å². The summed E-state index contributed by atoms with van der Waals surface area (Å²) in [6.45, 7) is 0. The second-order valence-electron chi connectivity index (χ2n) is 9.02. The van der Waals surface area contributed by atoms with Crippen LogP contribution in [-0.4, -0.2) is 17.2 Å². The minimum atomic E-state index is 0.109. The molecule has 1 aliphatic carbocycles. The molecule has 2 aliphatic heterocycles. The molecule has 3 aromatic carbocycles. The normalized spacial score (nSPS) is 20.1. The van der Waals surface area contributed by atoms with Gasteiger partial charge in [0.25, 0.3) is 0 Å². The lowest BCUT2D eigenvalue weighted by Crippen LogP contribution is -2.34. The number of nitrogens with zero attached hydrogens (tertiary/aromatic N) is 2. The van der Waals surface area contributed by atoms with E-state index < -0.39 is 0 Å². The van der Waals surface area contributed by atoms with E-state index in [0.29, 0.717) is 0 Å². The molecule has 6 heteroatoms. The van der Waals surface area contributed by atoms with Crippen LogP contribution in [0.25, 0.3) is 11.8 Å². The average Bonchev–Trinajstić information content (AvgIpc) is 3.33. The number of thioether (sulfide) groups is 1. The molecule has 6 rings (SSSR count). The van der Waals surface area contributed by atoms with Crippen molar-refractivity contribution in [3.05, 3.63) is 121 Å². The van der Waals surface area contributed by atoms with Gasteiger partial charge in [-0.2, -0.15) is 0 Å². The molecule has 1 unspecified atom stereocenters. The number of fused-ring (bicyclic) bond motifs is 1. The summed E-state index contributed by atoms with van der Waals surface area (Å²) in [5.41, 5.74) is 8.74. The molecular weight excluding hydrogens is 596 g/mol. The first-order chi connectivity index (χ1) is 17.6. The molecule has 2 heterocycles. The average molecular weight is 620 g/mol. The molecule has 0 aromatic heterocycles. The lowest BCUT2D eigenvalue weighted by Gasteiger charge is -2.40. The number of halogens is 2. The Morgan fingerprint density at radius 1 is 0.917 bits per heavy atom. The van der Waals surface area contributed by atoms with E-state index >= 15 is 0 Å². The van der Waals surface area contributed by atoms with Crippen LogP contribution in [0.1, 0.15) is 42.0 Å². The van der Waals surface area contributed by atoms with Gasteiger partial charge in [-0.15, -0.1) is 0 Å². The fraction of sp³-hybridized carbons (Fsp3) is 0.167. The molecule has 3 aliphatic rings. The Kier molecular flexibility index (Phi) is 6.67. The molecule has 0 amide bonds. The quantitative estimate of drug-likeness (QED) is 0.291. The maximum atomic E-state index is 5.40. The summed E-state index contributed by atoms with van der Waals surface area (Å²) in [6, 6.07) is 25.7. The van der Waals surface area contributed by atoms with Gasteiger partial charge in [0, 0.05) is 14.4 Å². The summed E-state index contributed by atoms with van der Waals surface area (Å²) >= 11 is 8.88. The molecular formula is C30H24Br2N2OS. The number of amidine groups is 1. The highest BCUT2D eigenvalue weighted by Gasteiger charge is 2.40. The van der Waals surface area contributed by atoms with Crippen LogP contribution in [0.4, 0.5) is 0 Å².